The van der Waals surface area contributed by atoms with Crippen LogP contribution in [-0.4, -0.2) is 16.5 Å². The smallest absolute Gasteiger partial charge is 0.175 e. The largest absolute Gasteiger partial charge is 0.293 e. The molecule has 78 valence electrons. The van der Waals surface area contributed by atoms with Crippen LogP contribution >= 0.6 is 0 Å². The SMILES string of the molecule is CCC1C(=O)c2ccc(C)nc2N=C1C. The number of rotatable bonds is 1. The number of fused-ring (bicyclic) bond motifs is 1. The summed E-state index contributed by atoms with van der Waals surface area (Å²) in [4.78, 5) is 20.7. The second-order valence-electron chi connectivity index (χ2n) is 3.90. The average molecular weight is 202 g/mol. The molecular weight excluding hydrogens is 188 g/mol. The summed E-state index contributed by atoms with van der Waals surface area (Å²) in [6, 6.07) is 3.69. The van der Waals surface area contributed by atoms with Gasteiger partial charge in [0.15, 0.2) is 11.6 Å². The Labute approximate surface area is 89.3 Å². The Hall–Kier alpha value is -1.51. The van der Waals surface area contributed by atoms with Crippen molar-refractivity contribution in [2.75, 3.05) is 0 Å². The zero-order valence-corrected chi connectivity index (χ0v) is 9.24. The second kappa shape index (κ2) is 3.57. The third kappa shape index (κ3) is 1.58. The van der Waals surface area contributed by atoms with Gasteiger partial charge in [0.05, 0.1) is 11.5 Å². The van der Waals surface area contributed by atoms with E-state index in [2.05, 4.69) is 9.98 Å². The highest BCUT2D eigenvalue weighted by Crippen LogP contribution is 2.28. The molecule has 0 N–H and O–H groups in total. The molecule has 1 unspecified atom stereocenters. The van der Waals surface area contributed by atoms with Crippen LogP contribution in [0.3, 0.4) is 0 Å². The van der Waals surface area contributed by atoms with E-state index >= 15 is 0 Å². The Morgan fingerprint density at radius 3 is 2.73 bits per heavy atom. The van der Waals surface area contributed by atoms with Crippen molar-refractivity contribution >= 4 is 17.3 Å². The van der Waals surface area contributed by atoms with Crippen molar-refractivity contribution in [3.05, 3.63) is 23.4 Å². The predicted molar refractivity (Wildman–Crippen MR) is 59.9 cm³/mol. The summed E-state index contributed by atoms with van der Waals surface area (Å²) in [6.45, 7) is 5.81. The standard InChI is InChI=1S/C12H14N2O/c1-4-9-8(3)14-12-10(11(9)15)6-5-7(2)13-12/h5-6,9H,4H2,1-3H3. The van der Waals surface area contributed by atoms with Gasteiger partial charge in [0.25, 0.3) is 0 Å². The number of pyridine rings is 1. The van der Waals surface area contributed by atoms with Crippen LogP contribution in [0.1, 0.15) is 36.3 Å². The quantitative estimate of drug-likeness (QED) is 0.702. The topological polar surface area (TPSA) is 42.3 Å². The van der Waals surface area contributed by atoms with Gasteiger partial charge in [-0.2, -0.15) is 0 Å². The summed E-state index contributed by atoms with van der Waals surface area (Å²) in [5.74, 6) is 0.691. The van der Waals surface area contributed by atoms with Gasteiger partial charge in [-0.25, -0.2) is 9.98 Å². The fourth-order valence-corrected chi connectivity index (χ4v) is 1.92. The Kier molecular flexibility index (Phi) is 2.39. The Morgan fingerprint density at radius 2 is 2.07 bits per heavy atom. The first-order valence-electron chi connectivity index (χ1n) is 5.20. The van der Waals surface area contributed by atoms with E-state index in [-0.39, 0.29) is 11.7 Å². The molecule has 3 heteroatoms. The summed E-state index contributed by atoms with van der Waals surface area (Å²) in [7, 11) is 0. The van der Waals surface area contributed by atoms with Crippen LogP contribution in [0.4, 0.5) is 5.82 Å². The van der Waals surface area contributed by atoms with Gasteiger partial charge in [-0.3, -0.25) is 4.79 Å². The molecule has 0 bridgehead atoms. The van der Waals surface area contributed by atoms with Crippen LogP contribution in [0.15, 0.2) is 17.1 Å². The molecule has 1 aliphatic heterocycles. The highest BCUT2D eigenvalue weighted by molar-refractivity contribution is 6.16. The first-order valence-corrected chi connectivity index (χ1v) is 5.20. The average Bonchev–Trinajstić information content (AvgIpc) is 2.17. The number of ketones is 1. The minimum atomic E-state index is -0.0537. The number of hydrogen-bond acceptors (Lipinski definition) is 3. The number of aromatic nitrogens is 1. The molecule has 2 heterocycles. The second-order valence-corrected chi connectivity index (χ2v) is 3.90. The summed E-state index contributed by atoms with van der Waals surface area (Å²) in [5.41, 5.74) is 2.44. The van der Waals surface area contributed by atoms with Gasteiger partial charge in [-0.15, -0.1) is 0 Å². The maximum atomic E-state index is 12.0. The van der Waals surface area contributed by atoms with Crippen molar-refractivity contribution in [1.82, 2.24) is 4.98 Å². The molecule has 0 saturated heterocycles. The van der Waals surface area contributed by atoms with E-state index in [1.807, 2.05) is 32.9 Å². The van der Waals surface area contributed by atoms with Crippen molar-refractivity contribution in [2.24, 2.45) is 10.9 Å². The van der Waals surface area contributed by atoms with Crippen LogP contribution in [0.2, 0.25) is 0 Å². The third-order valence-corrected chi connectivity index (χ3v) is 2.79. The molecule has 15 heavy (non-hydrogen) atoms. The molecule has 2 rings (SSSR count). The first kappa shape index (κ1) is 10.0. The normalized spacial score (nSPS) is 19.8. The van der Waals surface area contributed by atoms with Crippen LogP contribution in [-0.2, 0) is 0 Å². The molecule has 0 fully saturated rings. The molecule has 0 aromatic carbocycles. The molecule has 0 saturated carbocycles. The van der Waals surface area contributed by atoms with Crippen molar-refractivity contribution in [1.29, 1.82) is 0 Å². The molecule has 1 aliphatic rings. The number of hydrogen-bond donors (Lipinski definition) is 0. The lowest BCUT2D eigenvalue weighted by molar-refractivity contribution is 0.0950. The maximum absolute atomic E-state index is 12.0. The third-order valence-electron chi connectivity index (χ3n) is 2.79. The van der Waals surface area contributed by atoms with Gasteiger partial charge in [-0.1, -0.05) is 6.92 Å². The van der Waals surface area contributed by atoms with Gasteiger partial charge < -0.3 is 0 Å². The lowest BCUT2D eigenvalue weighted by Crippen LogP contribution is -2.25. The van der Waals surface area contributed by atoms with E-state index in [0.29, 0.717) is 11.4 Å². The van der Waals surface area contributed by atoms with E-state index in [4.69, 9.17) is 0 Å². The summed E-state index contributed by atoms with van der Waals surface area (Å²) < 4.78 is 0. The maximum Gasteiger partial charge on any atom is 0.175 e. The monoisotopic (exact) mass is 202 g/mol. The summed E-state index contributed by atoms with van der Waals surface area (Å²) in [6.07, 6.45) is 0.807. The number of Topliss-reactive ketones (excluding diaryl/α,β-unsaturated/α-hetero) is 1. The van der Waals surface area contributed by atoms with Crippen molar-refractivity contribution in [3.63, 3.8) is 0 Å². The Bertz CT molecular complexity index is 449. The van der Waals surface area contributed by atoms with Gasteiger partial charge in [0.2, 0.25) is 0 Å². The number of carbonyl (C=O) groups excluding carboxylic acids is 1. The Morgan fingerprint density at radius 1 is 1.33 bits per heavy atom. The minimum absolute atomic E-state index is 0.0537. The number of aliphatic imine (C=N–C) groups is 1. The summed E-state index contributed by atoms with van der Waals surface area (Å²) in [5, 5.41) is 0. The van der Waals surface area contributed by atoms with E-state index in [1.165, 1.54) is 0 Å². The zero-order chi connectivity index (χ0) is 11.0. The summed E-state index contributed by atoms with van der Waals surface area (Å²) >= 11 is 0. The molecule has 1 aromatic rings. The van der Waals surface area contributed by atoms with E-state index in [0.717, 1.165) is 17.8 Å². The highest BCUT2D eigenvalue weighted by Gasteiger charge is 2.28. The lowest BCUT2D eigenvalue weighted by Gasteiger charge is -2.19. The van der Waals surface area contributed by atoms with Gasteiger partial charge in [0, 0.05) is 11.4 Å². The molecule has 1 atom stereocenters. The number of carbonyl (C=O) groups is 1. The van der Waals surface area contributed by atoms with Crippen LogP contribution in [0.5, 0.6) is 0 Å². The molecule has 1 aromatic heterocycles. The van der Waals surface area contributed by atoms with Crippen LogP contribution in [0.25, 0.3) is 0 Å². The van der Waals surface area contributed by atoms with E-state index in [9.17, 15) is 4.79 Å². The van der Waals surface area contributed by atoms with Crippen molar-refractivity contribution in [2.45, 2.75) is 27.2 Å². The number of aryl methyl sites for hydroxylation is 1. The van der Waals surface area contributed by atoms with Gasteiger partial charge in [-0.05, 0) is 32.4 Å². The molecule has 0 amide bonds. The highest BCUT2D eigenvalue weighted by atomic mass is 16.1. The number of nitrogens with zero attached hydrogens (tertiary/aromatic N) is 2. The zero-order valence-electron chi connectivity index (χ0n) is 9.24. The molecule has 0 aliphatic carbocycles. The van der Waals surface area contributed by atoms with Crippen LogP contribution in [0, 0.1) is 12.8 Å². The van der Waals surface area contributed by atoms with Crippen LogP contribution < -0.4 is 0 Å². The fraction of sp³-hybridized carbons (Fsp3) is 0.417. The van der Waals surface area contributed by atoms with E-state index in [1.54, 1.807) is 0 Å². The molecular formula is C12H14N2O. The molecule has 0 radical (unpaired) electrons. The Balaban J connectivity index is 2.57. The molecule has 0 spiro atoms. The van der Waals surface area contributed by atoms with Gasteiger partial charge >= 0.3 is 0 Å². The molecule has 3 nitrogen and oxygen atoms in total. The lowest BCUT2D eigenvalue weighted by atomic mass is 9.89. The van der Waals surface area contributed by atoms with Crippen molar-refractivity contribution in [3.8, 4) is 0 Å². The van der Waals surface area contributed by atoms with Crippen molar-refractivity contribution < 1.29 is 4.79 Å². The first-order chi connectivity index (χ1) is 7.13. The van der Waals surface area contributed by atoms with E-state index < -0.39 is 0 Å². The predicted octanol–water partition coefficient (Wildman–Crippen LogP) is 2.70. The fourth-order valence-electron chi connectivity index (χ4n) is 1.92. The van der Waals surface area contributed by atoms with Gasteiger partial charge in [0.1, 0.15) is 0 Å². The minimum Gasteiger partial charge on any atom is -0.293 e.